The highest BCUT2D eigenvalue weighted by molar-refractivity contribution is 6.30. The Balaban J connectivity index is 1.83. The number of amides is 1. The number of nitrogens with one attached hydrogen (secondary N) is 1. The maximum Gasteiger partial charge on any atom is 0.277 e. The Morgan fingerprint density at radius 1 is 1.23 bits per heavy atom. The van der Waals surface area contributed by atoms with Crippen molar-refractivity contribution in [3.05, 3.63) is 64.2 Å². The Bertz CT molecular complexity index is 682. The predicted molar refractivity (Wildman–Crippen MR) is 88.6 cm³/mol. The van der Waals surface area contributed by atoms with Crippen molar-refractivity contribution in [1.82, 2.24) is 5.43 Å². The van der Waals surface area contributed by atoms with Gasteiger partial charge in [0.15, 0.2) is 6.61 Å². The van der Waals surface area contributed by atoms with Gasteiger partial charge in [0.05, 0.1) is 6.21 Å². The second-order valence-electron chi connectivity index (χ2n) is 4.83. The van der Waals surface area contributed by atoms with Gasteiger partial charge in [-0.15, -0.1) is 0 Å². The van der Waals surface area contributed by atoms with Crippen LogP contribution in [0.4, 0.5) is 0 Å². The van der Waals surface area contributed by atoms with E-state index in [1.165, 1.54) is 0 Å². The number of ether oxygens (including phenoxy) is 1. The molecule has 2 rings (SSSR count). The van der Waals surface area contributed by atoms with Crippen LogP contribution in [0.15, 0.2) is 47.6 Å². The number of benzene rings is 2. The Kier molecular flexibility index (Phi) is 5.55. The molecular formula is C17H17ClN2O2. The van der Waals surface area contributed by atoms with Gasteiger partial charge in [0.1, 0.15) is 5.75 Å². The topological polar surface area (TPSA) is 50.7 Å². The Morgan fingerprint density at radius 2 is 1.95 bits per heavy atom. The minimum absolute atomic E-state index is 0.0811. The van der Waals surface area contributed by atoms with Gasteiger partial charge in [-0.05, 0) is 48.7 Å². The first-order valence-corrected chi connectivity index (χ1v) is 7.20. The monoisotopic (exact) mass is 316 g/mol. The number of nitrogens with zero attached hydrogens (tertiary/aromatic N) is 1. The fourth-order valence-corrected chi connectivity index (χ4v) is 1.91. The van der Waals surface area contributed by atoms with Crippen LogP contribution in [0.25, 0.3) is 0 Å². The van der Waals surface area contributed by atoms with Crippen molar-refractivity contribution in [2.45, 2.75) is 13.8 Å². The van der Waals surface area contributed by atoms with E-state index in [4.69, 9.17) is 16.3 Å². The highest BCUT2D eigenvalue weighted by Crippen LogP contribution is 2.20. The molecule has 0 radical (unpaired) electrons. The minimum Gasteiger partial charge on any atom is -0.483 e. The number of aryl methyl sites for hydroxylation is 1. The smallest absolute Gasteiger partial charge is 0.277 e. The predicted octanol–water partition coefficient (Wildman–Crippen LogP) is 3.49. The van der Waals surface area contributed by atoms with E-state index in [2.05, 4.69) is 10.5 Å². The maximum absolute atomic E-state index is 11.7. The number of halogens is 1. The molecule has 0 saturated heterocycles. The summed E-state index contributed by atoms with van der Waals surface area (Å²) in [5.74, 6) is 0.392. The molecule has 4 nitrogen and oxygen atoms in total. The molecule has 0 aliphatic rings. The van der Waals surface area contributed by atoms with Crippen LogP contribution in [0.1, 0.15) is 16.7 Å². The van der Waals surface area contributed by atoms with E-state index < -0.39 is 0 Å². The molecule has 0 fully saturated rings. The summed E-state index contributed by atoms with van der Waals surface area (Å²) in [6.07, 6.45) is 1.55. The van der Waals surface area contributed by atoms with Crippen molar-refractivity contribution in [1.29, 1.82) is 0 Å². The lowest BCUT2D eigenvalue weighted by Crippen LogP contribution is -2.24. The lowest BCUT2D eigenvalue weighted by atomic mass is 10.1. The number of carbonyl (C=O) groups excluding carboxylic acids is 1. The Hall–Kier alpha value is -2.33. The number of carbonyl (C=O) groups is 1. The number of hydrazone groups is 1. The molecule has 0 aliphatic heterocycles. The number of hydrogen-bond donors (Lipinski definition) is 1. The molecule has 0 heterocycles. The average molecular weight is 317 g/mol. The van der Waals surface area contributed by atoms with E-state index in [0.29, 0.717) is 10.8 Å². The molecule has 22 heavy (non-hydrogen) atoms. The van der Waals surface area contributed by atoms with E-state index in [-0.39, 0.29) is 12.5 Å². The lowest BCUT2D eigenvalue weighted by molar-refractivity contribution is -0.123. The summed E-state index contributed by atoms with van der Waals surface area (Å²) in [6.45, 7) is 3.88. The van der Waals surface area contributed by atoms with Crippen LogP contribution in [-0.4, -0.2) is 18.7 Å². The first-order chi connectivity index (χ1) is 10.6. The molecule has 0 aromatic heterocycles. The van der Waals surface area contributed by atoms with Crippen molar-refractivity contribution in [2.24, 2.45) is 5.10 Å². The SMILES string of the molecule is Cc1cccc(OCC(=O)N/N=C/c2ccc(Cl)cc2)c1C. The first kappa shape index (κ1) is 16.0. The van der Waals surface area contributed by atoms with E-state index >= 15 is 0 Å². The van der Waals surface area contributed by atoms with Gasteiger partial charge in [0.25, 0.3) is 5.91 Å². The maximum atomic E-state index is 11.7. The first-order valence-electron chi connectivity index (χ1n) is 6.83. The third kappa shape index (κ3) is 4.60. The lowest BCUT2D eigenvalue weighted by Gasteiger charge is -2.09. The van der Waals surface area contributed by atoms with Gasteiger partial charge in [-0.25, -0.2) is 5.43 Å². The van der Waals surface area contributed by atoms with E-state index in [9.17, 15) is 4.79 Å². The van der Waals surface area contributed by atoms with Gasteiger partial charge in [-0.1, -0.05) is 35.9 Å². The second-order valence-corrected chi connectivity index (χ2v) is 5.27. The van der Waals surface area contributed by atoms with Crippen LogP contribution in [-0.2, 0) is 4.79 Å². The van der Waals surface area contributed by atoms with Gasteiger partial charge in [-0.3, -0.25) is 4.79 Å². The Labute approximate surface area is 134 Å². The zero-order valence-electron chi connectivity index (χ0n) is 12.5. The van der Waals surface area contributed by atoms with Crippen LogP contribution in [0, 0.1) is 13.8 Å². The molecule has 0 bridgehead atoms. The minimum atomic E-state index is -0.314. The number of rotatable bonds is 5. The molecule has 0 spiro atoms. The summed E-state index contributed by atoms with van der Waals surface area (Å²) in [5.41, 5.74) is 5.42. The highest BCUT2D eigenvalue weighted by atomic mass is 35.5. The van der Waals surface area contributed by atoms with E-state index in [1.807, 2.05) is 44.2 Å². The summed E-state index contributed by atoms with van der Waals surface area (Å²) in [7, 11) is 0. The van der Waals surface area contributed by atoms with Crippen LogP contribution >= 0.6 is 11.6 Å². The third-order valence-electron chi connectivity index (χ3n) is 3.19. The molecule has 114 valence electrons. The van der Waals surface area contributed by atoms with Crippen molar-refractivity contribution in [3.8, 4) is 5.75 Å². The van der Waals surface area contributed by atoms with E-state index in [1.54, 1.807) is 18.3 Å². The standard InChI is InChI=1S/C17H17ClN2O2/c1-12-4-3-5-16(13(12)2)22-11-17(21)20-19-10-14-6-8-15(18)9-7-14/h3-10H,11H2,1-2H3,(H,20,21)/b19-10+. The Morgan fingerprint density at radius 3 is 2.68 bits per heavy atom. The summed E-state index contributed by atoms with van der Waals surface area (Å²) in [6, 6.07) is 12.9. The van der Waals surface area contributed by atoms with Crippen LogP contribution in [0.3, 0.4) is 0 Å². The molecule has 2 aromatic rings. The summed E-state index contributed by atoms with van der Waals surface area (Å²) in [4.78, 5) is 11.7. The molecule has 0 aliphatic carbocycles. The fraction of sp³-hybridized carbons (Fsp3) is 0.176. The molecule has 1 amide bonds. The van der Waals surface area contributed by atoms with Gasteiger partial charge in [0, 0.05) is 5.02 Å². The molecular weight excluding hydrogens is 300 g/mol. The van der Waals surface area contributed by atoms with Gasteiger partial charge >= 0.3 is 0 Å². The van der Waals surface area contributed by atoms with Gasteiger partial charge in [0.2, 0.25) is 0 Å². The second kappa shape index (κ2) is 7.61. The molecule has 0 saturated carbocycles. The summed E-state index contributed by atoms with van der Waals surface area (Å²) in [5, 5.41) is 4.53. The summed E-state index contributed by atoms with van der Waals surface area (Å²) >= 11 is 5.79. The normalized spacial score (nSPS) is 10.7. The quantitative estimate of drug-likeness (QED) is 0.678. The number of hydrogen-bond acceptors (Lipinski definition) is 3. The molecule has 0 unspecified atom stereocenters. The van der Waals surface area contributed by atoms with Gasteiger partial charge < -0.3 is 4.74 Å². The van der Waals surface area contributed by atoms with Crippen LogP contribution in [0.5, 0.6) is 5.75 Å². The van der Waals surface area contributed by atoms with Crippen molar-refractivity contribution in [2.75, 3.05) is 6.61 Å². The van der Waals surface area contributed by atoms with Crippen molar-refractivity contribution < 1.29 is 9.53 Å². The van der Waals surface area contributed by atoms with Crippen molar-refractivity contribution >= 4 is 23.7 Å². The highest BCUT2D eigenvalue weighted by Gasteiger charge is 2.05. The fourth-order valence-electron chi connectivity index (χ4n) is 1.78. The molecule has 5 heteroatoms. The van der Waals surface area contributed by atoms with Crippen LogP contribution in [0.2, 0.25) is 5.02 Å². The van der Waals surface area contributed by atoms with Crippen molar-refractivity contribution in [3.63, 3.8) is 0 Å². The van der Waals surface area contributed by atoms with Gasteiger partial charge in [-0.2, -0.15) is 5.10 Å². The zero-order valence-corrected chi connectivity index (χ0v) is 13.2. The average Bonchev–Trinajstić information content (AvgIpc) is 2.51. The zero-order chi connectivity index (χ0) is 15.9. The molecule has 0 atom stereocenters. The van der Waals surface area contributed by atoms with E-state index in [0.717, 1.165) is 16.7 Å². The third-order valence-corrected chi connectivity index (χ3v) is 3.44. The van der Waals surface area contributed by atoms with Crippen LogP contribution < -0.4 is 10.2 Å². The largest absolute Gasteiger partial charge is 0.483 e. The summed E-state index contributed by atoms with van der Waals surface area (Å²) < 4.78 is 5.49. The molecule has 2 aromatic carbocycles. The molecule has 1 N–H and O–H groups in total.